The molecule has 2 rings (SSSR count). The summed E-state index contributed by atoms with van der Waals surface area (Å²) in [5, 5.41) is 11.8. The van der Waals surface area contributed by atoms with Gasteiger partial charge in [0.05, 0.1) is 13.0 Å². The smallest absolute Gasteiger partial charge is 0.346 e. The molecular weight excluding hydrogens is 325 g/mol. The number of carbonyl (C=O) groups is 2. The van der Waals surface area contributed by atoms with Gasteiger partial charge in [0.1, 0.15) is 11.6 Å². The fourth-order valence-corrected chi connectivity index (χ4v) is 2.41. The van der Waals surface area contributed by atoms with E-state index in [1.165, 1.54) is 24.3 Å². The Hall–Kier alpha value is -2.89. The van der Waals surface area contributed by atoms with Crippen molar-refractivity contribution in [3.05, 3.63) is 65.0 Å². The van der Waals surface area contributed by atoms with E-state index in [1.54, 1.807) is 0 Å². The highest BCUT2D eigenvalue weighted by atomic mass is 19.1. The van der Waals surface area contributed by atoms with Crippen molar-refractivity contribution in [1.29, 1.82) is 0 Å². The quantitative estimate of drug-likeness (QED) is 0.809. The number of nitrogens with one attached hydrogen (secondary N) is 1. The van der Waals surface area contributed by atoms with E-state index in [4.69, 9.17) is 4.74 Å². The zero-order valence-electron chi connectivity index (χ0n) is 14.1. The van der Waals surface area contributed by atoms with E-state index in [2.05, 4.69) is 5.32 Å². The molecule has 0 aliphatic carbocycles. The summed E-state index contributed by atoms with van der Waals surface area (Å²) in [4.78, 5) is 23.4. The number of aryl methyl sites for hydroxylation is 2. The summed E-state index contributed by atoms with van der Waals surface area (Å²) in [7, 11) is 0. The Labute approximate surface area is 145 Å². The summed E-state index contributed by atoms with van der Waals surface area (Å²) in [6.07, 6.45) is -1.09. The molecule has 1 amide bonds. The lowest BCUT2D eigenvalue weighted by atomic mass is 10.00. The molecule has 0 aliphatic heterocycles. The number of carboxylic acids is 1. The zero-order valence-corrected chi connectivity index (χ0v) is 14.1. The predicted molar refractivity (Wildman–Crippen MR) is 91.1 cm³/mol. The summed E-state index contributed by atoms with van der Waals surface area (Å²) < 4.78 is 18.2. The highest BCUT2D eigenvalue weighted by Gasteiger charge is 2.21. The summed E-state index contributed by atoms with van der Waals surface area (Å²) in [6, 6.07) is 10.8. The van der Waals surface area contributed by atoms with Crippen LogP contribution in [0.2, 0.25) is 0 Å². The van der Waals surface area contributed by atoms with Gasteiger partial charge in [-0.2, -0.15) is 0 Å². The van der Waals surface area contributed by atoms with Gasteiger partial charge >= 0.3 is 5.97 Å². The van der Waals surface area contributed by atoms with Crippen molar-refractivity contribution in [1.82, 2.24) is 5.32 Å². The van der Waals surface area contributed by atoms with Crippen molar-refractivity contribution in [2.75, 3.05) is 6.54 Å². The third-order valence-corrected chi connectivity index (χ3v) is 3.83. The molecule has 2 N–H and O–H groups in total. The minimum atomic E-state index is -1.26. The van der Waals surface area contributed by atoms with E-state index in [1.807, 2.05) is 32.0 Å². The lowest BCUT2D eigenvalue weighted by molar-refractivity contribution is -0.145. The van der Waals surface area contributed by atoms with Gasteiger partial charge in [-0.05, 0) is 54.8 Å². The van der Waals surface area contributed by atoms with E-state index in [9.17, 15) is 19.1 Å². The van der Waals surface area contributed by atoms with Gasteiger partial charge in [-0.3, -0.25) is 4.79 Å². The first-order valence-corrected chi connectivity index (χ1v) is 7.83. The Morgan fingerprint density at radius 1 is 1.12 bits per heavy atom. The van der Waals surface area contributed by atoms with Crippen LogP contribution in [0.15, 0.2) is 42.5 Å². The maximum atomic E-state index is 12.9. The van der Waals surface area contributed by atoms with Crippen LogP contribution < -0.4 is 10.1 Å². The minimum Gasteiger partial charge on any atom is -0.478 e. The second-order valence-electron chi connectivity index (χ2n) is 5.75. The van der Waals surface area contributed by atoms with Crippen LogP contribution in [0, 0.1) is 19.7 Å². The fourth-order valence-electron chi connectivity index (χ4n) is 2.41. The molecule has 1 unspecified atom stereocenters. The van der Waals surface area contributed by atoms with Crippen LogP contribution in [-0.2, 0) is 16.0 Å². The van der Waals surface area contributed by atoms with Gasteiger partial charge in [0.2, 0.25) is 12.0 Å². The Bertz CT molecular complexity index is 738. The van der Waals surface area contributed by atoms with Gasteiger partial charge < -0.3 is 15.2 Å². The van der Waals surface area contributed by atoms with Gasteiger partial charge in [-0.15, -0.1) is 0 Å². The van der Waals surface area contributed by atoms with Crippen molar-refractivity contribution >= 4 is 11.9 Å². The second-order valence-corrected chi connectivity index (χ2v) is 5.75. The standard InChI is InChI=1S/C19H20FNO4/c1-12-4-3-5-13(2)16(12)10-18(22)21-11-17(19(23)24)25-15-8-6-14(20)7-9-15/h3-9,17H,10-11H2,1-2H3,(H,21,22)(H,23,24). The molecule has 0 aromatic heterocycles. The molecule has 132 valence electrons. The maximum absolute atomic E-state index is 12.9. The molecule has 0 bridgehead atoms. The maximum Gasteiger partial charge on any atom is 0.346 e. The number of ether oxygens (including phenoxy) is 1. The molecule has 0 saturated carbocycles. The van der Waals surface area contributed by atoms with Crippen molar-refractivity contribution in [3.63, 3.8) is 0 Å². The highest BCUT2D eigenvalue weighted by Crippen LogP contribution is 2.15. The Morgan fingerprint density at radius 2 is 1.72 bits per heavy atom. The third-order valence-electron chi connectivity index (χ3n) is 3.83. The first-order chi connectivity index (χ1) is 11.9. The van der Waals surface area contributed by atoms with Gasteiger partial charge in [-0.1, -0.05) is 18.2 Å². The van der Waals surface area contributed by atoms with E-state index in [-0.39, 0.29) is 24.6 Å². The highest BCUT2D eigenvalue weighted by molar-refractivity contribution is 5.80. The number of hydrogen-bond acceptors (Lipinski definition) is 3. The van der Waals surface area contributed by atoms with Crippen LogP contribution in [-0.4, -0.2) is 29.6 Å². The molecule has 1 atom stereocenters. The van der Waals surface area contributed by atoms with E-state index in [0.717, 1.165) is 16.7 Å². The monoisotopic (exact) mass is 345 g/mol. The first kappa shape index (κ1) is 18.4. The molecule has 0 fully saturated rings. The molecule has 6 heteroatoms. The molecule has 0 radical (unpaired) electrons. The number of amides is 1. The Morgan fingerprint density at radius 3 is 2.28 bits per heavy atom. The van der Waals surface area contributed by atoms with Crippen LogP contribution in [0.4, 0.5) is 4.39 Å². The zero-order chi connectivity index (χ0) is 18.4. The average molecular weight is 345 g/mol. The molecular formula is C19H20FNO4. The van der Waals surface area contributed by atoms with Gasteiger partial charge in [-0.25, -0.2) is 9.18 Å². The number of carboxylic acid groups (broad SMARTS) is 1. The normalized spacial score (nSPS) is 11.6. The van der Waals surface area contributed by atoms with Crippen LogP contribution in [0.5, 0.6) is 5.75 Å². The van der Waals surface area contributed by atoms with Crippen molar-refractivity contribution in [2.45, 2.75) is 26.4 Å². The molecule has 2 aromatic rings. The van der Waals surface area contributed by atoms with Gasteiger partial charge in [0.25, 0.3) is 0 Å². The van der Waals surface area contributed by atoms with Crippen LogP contribution in [0.1, 0.15) is 16.7 Å². The molecule has 2 aromatic carbocycles. The summed E-state index contributed by atoms with van der Waals surface area (Å²) in [6.45, 7) is 3.66. The number of hydrogen-bond donors (Lipinski definition) is 2. The number of benzene rings is 2. The number of rotatable bonds is 7. The summed E-state index contributed by atoms with van der Waals surface area (Å²) in [5.41, 5.74) is 2.94. The van der Waals surface area contributed by atoms with Crippen molar-refractivity contribution in [2.24, 2.45) is 0 Å². The Balaban J connectivity index is 1.95. The lowest BCUT2D eigenvalue weighted by Crippen LogP contribution is -2.41. The summed E-state index contributed by atoms with van der Waals surface area (Å²) >= 11 is 0. The van der Waals surface area contributed by atoms with Crippen molar-refractivity contribution < 1.29 is 23.8 Å². The Kier molecular flexibility index (Phi) is 6.11. The van der Waals surface area contributed by atoms with Gasteiger partial charge in [0.15, 0.2) is 0 Å². The molecule has 0 saturated heterocycles. The molecule has 0 aliphatic rings. The summed E-state index contributed by atoms with van der Waals surface area (Å²) in [5.74, 6) is -1.72. The van der Waals surface area contributed by atoms with Crippen LogP contribution in [0.3, 0.4) is 0 Å². The van der Waals surface area contributed by atoms with Gasteiger partial charge in [0, 0.05) is 0 Å². The largest absolute Gasteiger partial charge is 0.478 e. The number of aliphatic carboxylic acids is 1. The number of carbonyl (C=O) groups excluding carboxylic acids is 1. The number of halogens is 1. The first-order valence-electron chi connectivity index (χ1n) is 7.83. The van der Waals surface area contributed by atoms with E-state index in [0.29, 0.717) is 0 Å². The van der Waals surface area contributed by atoms with Crippen LogP contribution >= 0.6 is 0 Å². The average Bonchev–Trinajstić information content (AvgIpc) is 2.56. The molecule has 25 heavy (non-hydrogen) atoms. The predicted octanol–water partition coefficient (Wildman–Crippen LogP) is 2.63. The molecule has 0 heterocycles. The molecule has 5 nitrogen and oxygen atoms in total. The second kappa shape index (κ2) is 8.28. The third kappa shape index (κ3) is 5.31. The van der Waals surface area contributed by atoms with E-state index < -0.39 is 17.9 Å². The van der Waals surface area contributed by atoms with E-state index >= 15 is 0 Å². The van der Waals surface area contributed by atoms with Crippen molar-refractivity contribution in [3.8, 4) is 5.75 Å². The minimum absolute atomic E-state index is 0.168. The lowest BCUT2D eigenvalue weighted by Gasteiger charge is -2.16. The topological polar surface area (TPSA) is 75.6 Å². The SMILES string of the molecule is Cc1cccc(C)c1CC(=O)NCC(Oc1ccc(F)cc1)C(=O)O. The van der Waals surface area contributed by atoms with Crippen LogP contribution in [0.25, 0.3) is 0 Å². The fraction of sp³-hybridized carbons (Fsp3) is 0.263. The molecule has 0 spiro atoms.